The molecule has 0 radical (unpaired) electrons. The lowest BCUT2D eigenvalue weighted by atomic mass is 9.70. The minimum atomic E-state index is 0.418. The molecule has 15 heavy (non-hydrogen) atoms. The summed E-state index contributed by atoms with van der Waals surface area (Å²) < 4.78 is 0. The summed E-state index contributed by atoms with van der Waals surface area (Å²) in [5.74, 6) is 1.47. The van der Waals surface area contributed by atoms with E-state index in [0.717, 1.165) is 12.8 Å². The van der Waals surface area contributed by atoms with Gasteiger partial charge in [0.05, 0.1) is 0 Å². The van der Waals surface area contributed by atoms with Crippen LogP contribution in [0.2, 0.25) is 0 Å². The number of hydrogen-bond donors (Lipinski definition) is 0. The predicted octanol–water partition coefficient (Wildman–Crippen LogP) is 3.96. The number of carbonyl (C=O) groups is 1. The third-order valence-corrected chi connectivity index (χ3v) is 4.50. The SMILES string of the molecule is CC1(C)CCC(C(=O)C2CCCC2)CC1. The molecule has 2 fully saturated rings. The summed E-state index contributed by atoms with van der Waals surface area (Å²) in [6.45, 7) is 4.67. The predicted molar refractivity (Wildman–Crippen MR) is 62.7 cm³/mol. The van der Waals surface area contributed by atoms with Gasteiger partial charge in [0.1, 0.15) is 5.78 Å². The van der Waals surface area contributed by atoms with Crippen molar-refractivity contribution in [3.8, 4) is 0 Å². The van der Waals surface area contributed by atoms with Gasteiger partial charge in [0.2, 0.25) is 0 Å². The van der Waals surface area contributed by atoms with Crippen LogP contribution in [-0.2, 0) is 4.79 Å². The Balaban J connectivity index is 1.87. The third-order valence-electron chi connectivity index (χ3n) is 4.50. The van der Waals surface area contributed by atoms with Gasteiger partial charge in [-0.25, -0.2) is 0 Å². The number of rotatable bonds is 2. The van der Waals surface area contributed by atoms with Gasteiger partial charge in [-0.1, -0.05) is 26.7 Å². The van der Waals surface area contributed by atoms with Gasteiger partial charge < -0.3 is 0 Å². The molecule has 0 aromatic heterocycles. The van der Waals surface area contributed by atoms with Crippen LogP contribution in [0.3, 0.4) is 0 Å². The molecule has 86 valence electrons. The van der Waals surface area contributed by atoms with E-state index in [9.17, 15) is 4.79 Å². The van der Waals surface area contributed by atoms with Crippen molar-refractivity contribution in [3.63, 3.8) is 0 Å². The van der Waals surface area contributed by atoms with E-state index < -0.39 is 0 Å². The fourth-order valence-electron chi connectivity index (χ4n) is 3.23. The van der Waals surface area contributed by atoms with Gasteiger partial charge in [0.15, 0.2) is 0 Å². The Bertz CT molecular complexity index is 226. The van der Waals surface area contributed by atoms with E-state index in [2.05, 4.69) is 13.8 Å². The summed E-state index contributed by atoms with van der Waals surface area (Å²) in [7, 11) is 0. The van der Waals surface area contributed by atoms with E-state index in [-0.39, 0.29) is 0 Å². The molecule has 0 saturated heterocycles. The Labute approximate surface area is 93.6 Å². The van der Waals surface area contributed by atoms with Gasteiger partial charge in [-0.15, -0.1) is 0 Å². The highest BCUT2D eigenvalue weighted by Crippen LogP contribution is 2.40. The van der Waals surface area contributed by atoms with Crippen molar-refractivity contribution in [2.45, 2.75) is 65.2 Å². The summed E-state index contributed by atoms with van der Waals surface area (Å²) in [6.07, 6.45) is 9.73. The van der Waals surface area contributed by atoms with E-state index >= 15 is 0 Å². The van der Waals surface area contributed by atoms with Gasteiger partial charge in [-0.3, -0.25) is 4.79 Å². The molecular weight excluding hydrogens is 184 g/mol. The molecule has 0 heterocycles. The quantitative estimate of drug-likeness (QED) is 0.671. The maximum atomic E-state index is 12.2. The Morgan fingerprint density at radius 1 is 0.933 bits per heavy atom. The zero-order chi connectivity index (χ0) is 10.9. The molecule has 2 saturated carbocycles. The number of hydrogen-bond acceptors (Lipinski definition) is 1. The first kappa shape index (κ1) is 11.2. The van der Waals surface area contributed by atoms with E-state index in [1.165, 1.54) is 38.5 Å². The fourth-order valence-corrected chi connectivity index (χ4v) is 3.23. The second-order valence-corrected chi connectivity index (χ2v) is 6.32. The summed E-state index contributed by atoms with van der Waals surface area (Å²) in [5, 5.41) is 0. The van der Waals surface area contributed by atoms with Crippen LogP contribution in [0.25, 0.3) is 0 Å². The maximum Gasteiger partial charge on any atom is 0.139 e. The van der Waals surface area contributed by atoms with Crippen molar-refractivity contribution >= 4 is 5.78 Å². The van der Waals surface area contributed by atoms with Crippen molar-refractivity contribution in [2.75, 3.05) is 0 Å². The van der Waals surface area contributed by atoms with Crippen LogP contribution in [0.15, 0.2) is 0 Å². The van der Waals surface area contributed by atoms with Gasteiger partial charge in [-0.2, -0.15) is 0 Å². The number of carbonyl (C=O) groups excluding carboxylic acids is 1. The van der Waals surface area contributed by atoms with Crippen LogP contribution in [0.1, 0.15) is 65.2 Å². The van der Waals surface area contributed by atoms with Crippen LogP contribution in [0, 0.1) is 17.3 Å². The molecule has 0 atom stereocenters. The summed E-state index contributed by atoms with van der Waals surface area (Å²) in [4.78, 5) is 12.2. The molecule has 1 heteroatoms. The van der Waals surface area contributed by atoms with Crippen LogP contribution in [0.4, 0.5) is 0 Å². The monoisotopic (exact) mass is 208 g/mol. The first-order valence-electron chi connectivity index (χ1n) is 6.62. The average molecular weight is 208 g/mol. The molecule has 0 N–H and O–H groups in total. The standard InChI is InChI=1S/C14H24O/c1-14(2)9-7-12(8-10-14)13(15)11-5-3-4-6-11/h11-12H,3-10H2,1-2H3. The van der Waals surface area contributed by atoms with Crippen molar-refractivity contribution < 1.29 is 4.79 Å². The molecular formula is C14H24O. The number of ketones is 1. The Hall–Kier alpha value is -0.330. The van der Waals surface area contributed by atoms with Crippen molar-refractivity contribution in [2.24, 2.45) is 17.3 Å². The lowest BCUT2D eigenvalue weighted by Crippen LogP contribution is -2.29. The fraction of sp³-hybridized carbons (Fsp3) is 0.929. The highest BCUT2D eigenvalue weighted by Gasteiger charge is 2.34. The van der Waals surface area contributed by atoms with Crippen LogP contribution >= 0.6 is 0 Å². The van der Waals surface area contributed by atoms with Crippen molar-refractivity contribution in [3.05, 3.63) is 0 Å². The summed E-state index contributed by atoms with van der Waals surface area (Å²) >= 11 is 0. The molecule has 0 bridgehead atoms. The van der Waals surface area contributed by atoms with Crippen molar-refractivity contribution in [1.82, 2.24) is 0 Å². The van der Waals surface area contributed by atoms with E-state index in [1.807, 2.05) is 0 Å². The Morgan fingerprint density at radius 3 is 1.93 bits per heavy atom. The average Bonchev–Trinajstić information content (AvgIpc) is 2.69. The van der Waals surface area contributed by atoms with Gasteiger partial charge >= 0.3 is 0 Å². The normalized spacial score (nSPS) is 28.1. The minimum absolute atomic E-state index is 0.418. The smallest absolute Gasteiger partial charge is 0.139 e. The zero-order valence-corrected chi connectivity index (χ0v) is 10.2. The third kappa shape index (κ3) is 2.62. The Kier molecular flexibility index (Phi) is 3.18. The number of Topliss-reactive ketones (excluding diaryl/α,β-unsaturated/α-hetero) is 1. The van der Waals surface area contributed by atoms with E-state index in [4.69, 9.17) is 0 Å². The maximum absolute atomic E-state index is 12.2. The Morgan fingerprint density at radius 2 is 1.40 bits per heavy atom. The first-order chi connectivity index (χ1) is 7.08. The van der Waals surface area contributed by atoms with Gasteiger partial charge in [-0.05, 0) is 43.9 Å². The largest absolute Gasteiger partial charge is 0.299 e. The molecule has 0 spiro atoms. The summed E-state index contributed by atoms with van der Waals surface area (Å²) in [6, 6.07) is 0. The van der Waals surface area contributed by atoms with Gasteiger partial charge in [0, 0.05) is 11.8 Å². The van der Waals surface area contributed by atoms with Crippen LogP contribution in [0.5, 0.6) is 0 Å². The second kappa shape index (κ2) is 4.27. The molecule has 0 aromatic carbocycles. The topological polar surface area (TPSA) is 17.1 Å². The van der Waals surface area contributed by atoms with E-state index in [1.54, 1.807) is 0 Å². The highest BCUT2D eigenvalue weighted by molar-refractivity contribution is 5.83. The van der Waals surface area contributed by atoms with Crippen LogP contribution < -0.4 is 0 Å². The molecule has 0 aromatic rings. The second-order valence-electron chi connectivity index (χ2n) is 6.32. The molecule has 0 unspecified atom stereocenters. The lowest BCUT2D eigenvalue weighted by Gasteiger charge is -2.34. The molecule has 2 rings (SSSR count). The molecule has 0 amide bonds. The minimum Gasteiger partial charge on any atom is -0.299 e. The highest BCUT2D eigenvalue weighted by atomic mass is 16.1. The molecule has 1 nitrogen and oxygen atoms in total. The molecule has 0 aliphatic heterocycles. The lowest BCUT2D eigenvalue weighted by molar-refractivity contribution is -0.128. The first-order valence-corrected chi connectivity index (χ1v) is 6.62. The van der Waals surface area contributed by atoms with Crippen LogP contribution in [-0.4, -0.2) is 5.78 Å². The van der Waals surface area contributed by atoms with Crippen molar-refractivity contribution in [1.29, 1.82) is 0 Å². The summed E-state index contributed by atoms with van der Waals surface area (Å²) in [5.41, 5.74) is 0.493. The van der Waals surface area contributed by atoms with E-state index in [0.29, 0.717) is 23.0 Å². The van der Waals surface area contributed by atoms with Gasteiger partial charge in [0.25, 0.3) is 0 Å². The molecule has 2 aliphatic carbocycles. The zero-order valence-electron chi connectivity index (χ0n) is 10.2. The molecule has 2 aliphatic rings.